The van der Waals surface area contributed by atoms with Gasteiger partial charge in [0.1, 0.15) is 36.1 Å². The summed E-state index contributed by atoms with van der Waals surface area (Å²) in [6, 6.07) is -1.57. The fraction of sp³-hybridized carbons (Fsp3) is 0.875. The van der Waals surface area contributed by atoms with E-state index < -0.39 is 73.4 Å². The Morgan fingerprint density at radius 2 is 1.58 bits per heavy atom. The lowest BCUT2D eigenvalue weighted by atomic mass is 10.1. The molecule has 1 fully saturated rings. The number of esters is 1. The van der Waals surface area contributed by atoms with Crippen molar-refractivity contribution in [2.45, 2.75) is 110 Å². The number of amides is 2. The van der Waals surface area contributed by atoms with Crippen LogP contribution < -0.4 is 0 Å². The standard InChI is InChI=1S/C24H41F2NO9/c1-9-10-11-32-17-13-31-12-16(20(28)34-15(2)19(17)33-14-18(25)26)27(21(29)35-23(3,4)5)22(30)36-24(6,7)8/h15-19H,9-14H2,1-8H3. The van der Waals surface area contributed by atoms with E-state index in [4.69, 9.17) is 28.4 Å². The van der Waals surface area contributed by atoms with Crippen molar-refractivity contribution in [3.05, 3.63) is 0 Å². The van der Waals surface area contributed by atoms with E-state index in [9.17, 15) is 23.2 Å². The molecule has 4 atom stereocenters. The van der Waals surface area contributed by atoms with Crippen molar-refractivity contribution in [1.29, 1.82) is 0 Å². The average molecular weight is 526 g/mol. The minimum absolute atomic E-state index is 0.161. The zero-order valence-corrected chi connectivity index (χ0v) is 22.5. The molecule has 12 heteroatoms. The second-order valence-corrected chi connectivity index (χ2v) is 10.5. The maximum atomic E-state index is 13.2. The van der Waals surface area contributed by atoms with Gasteiger partial charge >= 0.3 is 18.2 Å². The largest absolute Gasteiger partial charge is 0.458 e. The number of hydrogen-bond acceptors (Lipinski definition) is 9. The summed E-state index contributed by atoms with van der Waals surface area (Å²) in [5.41, 5.74) is -1.97. The third-order valence-corrected chi connectivity index (χ3v) is 4.70. The maximum Gasteiger partial charge on any atom is 0.420 e. The van der Waals surface area contributed by atoms with Gasteiger partial charge in [-0.3, -0.25) is 0 Å². The normalized spacial score (nSPS) is 23.8. The van der Waals surface area contributed by atoms with Gasteiger partial charge in [-0.05, 0) is 54.9 Å². The molecule has 0 aliphatic carbocycles. The summed E-state index contributed by atoms with van der Waals surface area (Å²) < 4.78 is 58.7. The van der Waals surface area contributed by atoms with Crippen LogP contribution in [0.1, 0.15) is 68.2 Å². The summed E-state index contributed by atoms with van der Waals surface area (Å²) in [4.78, 5) is 39.6. The molecule has 0 aromatic rings. The molecule has 36 heavy (non-hydrogen) atoms. The first-order valence-electron chi connectivity index (χ1n) is 12.1. The molecular formula is C24H41F2NO9. The third-order valence-electron chi connectivity index (χ3n) is 4.70. The number of imide groups is 1. The van der Waals surface area contributed by atoms with Crippen molar-refractivity contribution >= 4 is 18.2 Å². The van der Waals surface area contributed by atoms with Gasteiger partial charge in [-0.15, -0.1) is 0 Å². The van der Waals surface area contributed by atoms with Gasteiger partial charge in [0.15, 0.2) is 6.04 Å². The van der Waals surface area contributed by atoms with Gasteiger partial charge in [0.2, 0.25) is 0 Å². The molecule has 1 aliphatic heterocycles. The number of carbonyl (C=O) groups excluding carboxylic acids is 3. The van der Waals surface area contributed by atoms with E-state index in [0.717, 1.165) is 6.42 Å². The van der Waals surface area contributed by atoms with Crippen LogP contribution in [0.4, 0.5) is 18.4 Å². The minimum Gasteiger partial charge on any atom is -0.458 e. The molecule has 0 aromatic heterocycles. The number of ether oxygens (including phenoxy) is 6. The van der Waals surface area contributed by atoms with Gasteiger partial charge in [0.25, 0.3) is 6.43 Å². The second-order valence-electron chi connectivity index (χ2n) is 10.5. The third kappa shape index (κ3) is 11.3. The molecule has 1 saturated heterocycles. The van der Waals surface area contributed by atoms with E-state index in [1.807, 2.05) is 6.92 Å². The number of cyclic esters (lactones) is 1. The Morgan fingerprint density at radius 1 is 1.03 bits per heavy atom. The van der Waals surface area contributed by atoms with E-state index in [1.165, 1.54) is 6.92 Å². The molecule has 1 rings (SSSR count). The van der Waals surface area contributed by atoms with E-state index >= 15 is 0 Å². The highest BCUT2D eigenvalue weighted by atomic mass is 19.3. The van der Waals surface area contributed by atoms with Crippen molar-refractivity contribution in [2.75, 3.05) is 26.4 Å². The highest BCUT2D eigenvalue weighted by Gasteiger charge is 2.44. The Morgan fingerprint density at radius 3 is 2.06 bits per heavy atom. The first-order valence-corrected chi connectivity index (χ1v) is 12.1. The van der Waals surface area contributed by atoms with Crippen LogP contribution in [0.2, 0.25) is 0 Å². The smallest absolute Gasteiger partial charge is 0.420 e. The molecule has 4 unspecified atom stereocenters. The Bertz CT molecular complexity index is 693. The van der Waals surface area contributed by atoms with Crippen molar-refractivity contribution in [3.8, 4) is 0 Å². The van der Waals surface area contributed by atoms with Gasteiger partial charge in [0, 0.05) is 6.61 Å². The molecule has 0 bridgehead atoms. The Kier molecular flexibility index (Phi) is 12.5. The molecule has 10 nitrogen and oxygen atoms in total. The number of halogens is 2. The predicted octanol–water partition coefficient (Wildman–Crippen LogP) is 4.32. The summed E-state index contributed by atoms with van der Waals surface area (Å²) in [6.07, 6.45) is -6.44. The molecule has 0 radical (unpaired) electrons. The van der Waals surface area contributed by atoms with Crippen LogP contribution in [0.5, 0.6) is 0 Å². The molecule has 210 valence electrons. The van der Waals surface area contributed by atoms with Crippen LogP contribution in [-0.4, -0.2) is 91.5 Å². The number of alkyl halides is 2. The van der Waals surface area contributed by atoms with Crippen molar-refractivity contribution in [1.82, 2.24) is 4.90 Å². The predicted molar refractivity (Wildman–Crippen MR) is 125 cm³/mol. The monoisotopic (exact) mass is 525 g/mol. The molecule has 1 aliphatic rings. The zero-order chi connectivity index (χ0) is 27.7. The average Bonchev–Trinajstić information content (AvgIpc) is 2.74. The van der Waals surface area contributed by atoms with Crippen LogP contribution in [0.25, 0.3) is 0 Å². The maximum absolute atomic E-state index is 13.2. The number of unbranched alkanes of at least 4 members (excludes halogenated alkanes) is 1. The van der Waals surface area contributed by atoms with Gasteiger partial charge in [0.05, 0.1) is 13.2 Å². The van der Waals surface area contributed by atoms with E-state index in [0.29, 0.717) is 17.9 Å². The van der Waals surface area contributed by atoms with Crippen LogP contribution in [0, 0.1) is 0 Å². The van der Waals surface area contributed by atoms with Crippen molar-refractivity contribution < 1.29 is 51.6 Å². The SMILES string of the molecule is CCCCOC1COCC(N(C(=O)OC(C)(C)C)C(=O)OC(C)(C)C)C(=O)OC(C)C1OCC(F)F. The van der Waals surface area contributed by atoms with Gasteiger partial charge < -0.3 is 28.4 Å². The first-order chi connectivity index (χ1) is 16.6. The zero-order valence-electron chi connectivity index (χ0n) is 22.5. The molecule has 0 spiro atoms. The van der Waals surface area contributed by atoms with E-state index in [-0.39, 0.29) is 6.61 Å². The highest BCUT2D eigenvalue weighted by Crippen LogP contribution is 2.22. The Balaban J connectivity index is 3.29. The fourth-order valence-corrected chi connectivity index (χ4v) is 3.17. The number of carbonyl (C=O) groups is 3. The van der Waals surface area contributed by atoms with Gasteiger partial charge in [-0.1, -0.05) is 13.3 Å². The highest BCUT2D eigenvalue weighted by molar-refractivity contribution is 5.94. The molecular weight excluding hydrogens is 484 g/mol. The summed E-state index contributed by atoms with van der Waals surface area (Å²) >= 11 is 0. The lowest BCUT2D eigenvalue weighted by Gasteiger charge is -2.32. The molecule has 0 aromatic carbocycles. The van der Waals surface area contributed by atoms with Crippen molar-refractivity contribution in [3.63, 3.8) is 0 Å². The first kappa shape index (κ1) is 32.0. The summed E-state index contributed by atoms with van der Waals surface area (Å²) in [7, 11) is 0. The van der Waals surface area contributed by atoms with Crippen LogP contribution in [0.15, 0.2) is 0 Å². The minimum atomic E-state index is -2.75. The number of nitrogens with zero attached hydrogens (tertiary/aromatic N) is 1. The van der Waals surface area contributed by atoms with E-state index in [2.05, 4.69) is 0 Å². The van der Waals surface area contributed by atoms with Gasteiger partial charge in [-0.25, -0.2) is 23.2 Å². The Hall–Kier alpha value is -2.05. The number of rotatable bonds is 8. The topological polar surface area (TPSA) is 110 Å². The van der Waals surface area contributed by atoms with Crippen LogP contribution in [0.3, 0.4) is 0 Å². The Labute approximate surface area is 211 Å². The summed E-state index contributed by atoms with van der Waals surface area (Å²) in [5.74, 6) is -1.01. The summed E-state index contributed by atoms with van der Waals surface area (Å²) in [6.45, 7) is 11.8. The lowest BCUT2D eigenvalue weighted by molar-refractivity contribution is -0.174. The fourth-order valence-electron chi connectivity index (χ4n) is 3.17. The molecule has 0 N–H and O–H groups in total. The molecule has 0 saturated carbocycles. The van der Waals surface area contributed by atoms with Gasteiger partial charge in [-0.2, -0.15) is 4.90 Å². The van der Waals surface area contributed by atoms with Crippen LogP contribution in [-0.2, 0) is 33.2 Å². The quantitative estimate of drug-likeness (QED) is 0.260. The lowest BCUT2D eigenvalue weighted by Crippen LogP contribution is -2.54. The van der Waals surface area contributed by atoms with E-state index in [1.54, 1.807) is 41.5 Å². The second kappa shape index (κ2) is 14.0. The molecule has 1 heterocycles. The molecule has 2 amide bonds. The van der Waals surface area contributed by atoms with Crippen molar-refractivity contribution in [2.24, 2.45) is 0 Å². The number of hydrogen-bond donors (Lipinski definition) is 0. The summed E-state index contributed by atoms with van der Waals surface area (Å²) in [5, 5.41) is 0. The van der Waals surface area contributed by atoms with Crippen LogP contribution >= 0.6 is 0 Å².